The molecule has 104 valence electrons. The average Bonchev–Trinajstić information content (AvgIpc) is 2.78. The minimum Gasteiger partial charge on any atom is -0.427 e. The molecule has 20 heavy (non-hydrogen) atoms. The third kappa shape index (κ3) is 3.96. The number of hydrogen-bond donors (Lipinski definition) is 0. The Labute approximate surface area is 121 Å². The van der Waals surface area contributed by atoms with Gasteiger partial charge in [0.05, 0.1) is 0 Å². The van der Waals surface area contributed by atoms with Gasteiger partial charge in [0.15, 0.2) is 10.3 Å². The van der Waals surface area contributed by atoms with E-state index in [0.29, 0.717) is 17.5 Å². The van der Waals surface area contributed by atoms with Gasteiger partial charge in [-0.1, -0.05) is 12.1 Å². The maximum absolute atomic E-state index is 11.1. The van der Waals surface area contributed by atoms with Crippen LogP contribution in [0.2, 0.25) is 0 Å². The van der Waals surface area contributed by atoms with Gasteiger partial charge >= 0.3 is 5.97 Å². The first kappa shape index (κ1) is 14.3. The molecule has 0 radical (unpaired) electrons. The highest BCUT2D eigenvalue weighted by Gasteiger charge is 2.07. The first-order valence-corrected chi connectivity index (χ1v) is 6.83. The lowest BCUT2D eigenvalue weighted by atomic mass is 10.2. The standard InChI is InChI=1S/C14H14N2O3S/c1-10(17)19-13-5-3-12(4-6-13)9-16-8-7-15-14(16)20-11(2)18/h3-8H,9H2,1-2H3. The van der Waals surface area contributed by atoms with Gasteiger partial charge in [0.1, 0.15) is 5.75 Å². The number of thioether (sulfide) groups is 1. The maximum Gasteiger partial charge on any atom is 0.308 e. The van der Waals surface area contributed by atoms with Gasteiger partial charge < -0.3 is 9.30 Å². The molecule has 0 aliphatic heterocycles. The minimum absolute atomic E-state index is 0.00246. The predicted molar refractivity (Wildman–Crippen MR) is 75.6 cm³/mol. The second kappa shape index (κ2) is 6.38. The summed E-state index contributed by atoms with van der Waals surface area (Å²) in [7, 11) is 0. The summed E-state index contributed by atoms with van der Waals surface area (Å²) < 4.78 is 6.87. The van der Waals surface area contributed by atoms with Crippen LogP contribution < -0.4 is 4.74 Å². The first-order chi connectivity index (χ1) is 9.54. The smallest absolute Gasteiger partial charge is 0.308 e. The van der Waals surface area contributed by atoms with Gasteiger partial charge in [0.2, 0.25) is 0 Å². The van der Waals surface area contributed by atoms with Gasteiger partial charge in [-0.25, -0.2) is 4.98 Å². The number of ether oxygens (including phenoxy) is 1. The Morgan fingerprint density at radius 2 is 1.95 bits per heavy atom. The molecule has 0 saturated heterocycles. The van der Waals surface area contributed by atoms with Crippen LogP contribution in [0.4, 0.5) is 0 Å². The lowest BCUT2D eigenvalue weighted by Gasteiger charge is -2.07. The van der Waals surface area contributed by atoms with Crippen LogP contribution in [0.3, 0.4) is 0 Å². The van der Waals surface area contributed by atoms with E-state index >= 15 is 0 Å². The Morgan fingerprint density at radius 3 is 2.55 bits per heavy atom. The summed E-state index contributed by atoms with van der Waals surface area (Å²) >= 11 is 1.11. The van der Waals surface area contributed by atoms with Gasteiger partial charge in [-0.15, -0.1) is 0 Å². The molecule has 1 heterocycles. The Balaban J connectivity index is 2.08. The quantitative estimate of drug-likeness (QED) is 0.492. The lowest BCUT2D eigenvalue weighted by molar-refractivity contribution is -0.131. The average molecular weight is 290 g/mol. The Kier molecular flexibility index (Phi) is 4.57. The zero-order valence-electron chi connectivity index (χ0n) is 11.2. The Hall–Kier alpha value is -2.08. The van der Waals surface area contributed by atoms with Crippen molar-refractivity contribution in [2.45, 2.75) is 25.5 Å². The molecule has 6 heteroatoms. The maximum atomic E-state index is 11.1. The van der Waals surface area contributed by atoms with Crippen LogP contribution in [-0.4, -0.2) is 20.6 Å². The summed E-state index contributed by atoms with van der Waals surface area (Å²) in [6, 6.07) is 7.23. The number of aromatic nitrogens is 2. The highest BCUT2D eigenvalue weighted by molar-refractivity contribution is 8.13. The fourth-order valence-electron chi connectivity index (χ4n) is 1.67. The molecule has 0 saturated carbocycles. The van der Waals surface area contributed by atoms with Crippen molar-refractivity contribution < 1.29 is 14.3 Å². The molecule has 0 N–H and O–H groups in total. The van der Waals surface area contributed by atoms with E-state index in [0.717, 1.165) is 17.3 Å². The van der Waals surface area contributed by atoms with Gasteiger partial charge in [-0.05, 0) is 29.5 Å². The molecule has 0 atom stereocenters. The third-order valence-electron chi connectivity index (χ3n) is 2.45. The highest BCUT2D eigenvalue weighted by Crippen LogP contribution is 2.19. The predicted octanol–water partition coefficient (Wildman–Crippen LogP) is 2.50. The van der Waals surface area contributed by atoms with Crippen molar-refractivity contribution in [3.8, 4) is 5.75 Å². The summed E-state index contributed by atoms with van der Waals surface area (Å²) in [6.45, 7) is 3.48. The van der Waals surface area contributed by atoms with Crippen LogP contribution in [0.5, 0.6) is 5.75 Å². The van der Waals surface area contributed by atoms with Crippen molar-refractivity contribution in [3.63, 3.8) is 0 Å². The van der Waals surface area contributed by atoms with E-state index in [2.05, 4.69) is 4.98 Å². The number of benzene rings is 1. The summed E-state index contributed by atoms with van der Waals surface area (Å²) in [5, 5.41) is 0.671. The van der Waals surface area contributed by atoms with Gasteiger partial charge in [-0.2, -0.15) is 0 Å². The van der Waals surface area contributed by atoms with Crippen LogP contribution >= 0.6 is 11.8 Å². The number of nitrogens with zero attached hydrogens (tertiary/aromatic N) is 2. The van der Waals surface area contributed by atoms with Crippen LogP contribution in [0.1, 0.15) is 19.4 Å². The molecule has 0 fully saturated rings. The number of rotatable bonds is 4. The molecule has 0 bridgehead atoms. The second-order valence-corrected chi connectivity index (χ2v) is 5.31. The topological polar surface area (TPSA) is 61.2 Å². The highest BCUT2D eigenvalue weighted by atomic mass is 32.2. The SMILES string of the molecule is CC(=O)Oc1ccc(Cn2ccnc2SC(C)=O)cc1. The molecule has 1 aromatic heterocycles. The molecular formula is C14H14N2O3S. The number of imidazole rings is 1. The minimum atomic E-state index is -0.340. The molecule has 2 aromatic rings. The van der Waals surface area contributed by atoms with Crippen LogP contribution in [0.15, 0.2) is 41.8 Å². The van der Waals surface area contributed by atoms with E-state index in [-0.39, 0.29) is 11.1 Å². The van der Waals surface area contributed by atoms with Crippen LogP contribution in [0, 0.1) is 0 Å². The van der Waals surface area contributed by atoms with Crippen molar-refractivity contribution in [1.29, 1.82) is 0 Å². The molecule has 1 aromatic carbocycles. The fraction of sp³-hybridized carbons (Fsp3) is 0.214. The lowest BCUT2D eigenvalue weighted by Crippen LogP contribution is -2.03. The normalized spacial score (nSPS) is 10.3. The van der Waals surface area contributed by atoms with Crippen molar-refractivity contribution in [2.24, 2.45) is 0 Å². The number of carbonyl (C=O) groups excluding carboxylic acids is 2. The molecule has 0 aliphatic carbocycles. The molecule has 0 amide bonds. The summed E-state index contributed by atoms with van der Waals surface area (Å²) in [4.78, 5) is 26.1. The fourth-order valence-corrected chi connectivity index (χ4v) is 2.29. The summed E-state index contributed by atoms with van der Waals surface area (Å²) in [5.41, 5.74) is 1.03. The number of carbonyl (C=O) groups is 2. The van der Waals surface area contributed by atoms with Crippen molar-refractivity contribution >= 4 is 22.8 Å². The summed E-state index contributed by atoms with van der Waals surface area (Å²) in [6.07, 6.45) is 3.49. The zero-order valence-corrected chi connectivity index (χ0v) is 12.0. The molecule has 2 rings (SSSR count). The molecule has 0 unspecified atom stereocenters. The van der Waals surface area contributed by atoms with Gasteiger partial charge in [0, 0.05) is 32.8 Å². The van der Waals surface area contributed by atoms with Crippen LogP contribution in [0.25, 0.3) is 0 Å². The first-order valence-electron chi connectivity index (χ1n) is 6.01. The van der Waals surface area contributed by atoms with E-state index in [1.165, 1.54) is 13.8 Å². The second-order valence-electron chi connectivity index (χ2n) is 4.17. The van der Waals surface area contributed by atoms with Crippen molar-refractivity contribution in [3.05, 3.63) is 42.2 Å². The van der Waals surface area contributed by atoms with E-state index < -0.39 is 0 Å². The number of hydrogen-bond acceptors (Lipinski definition) is 5. The Morgan fingerprint density at radius 1 is 1.25 bits per heavy atom. The monoisotopic (exact) mass is 290 g/mol. The molecule has 5 nitrogen and oxygen atoms in total. The number of esters is 1. The van der Waals surface area contributed by atoms with Crippen molar-refractivity contribution in [2.75, 3.05) is 0 Å². The van der Waals surface area contributed by atoms with E-state index in [1.807, 2.05) is 22.9 Å². The van der Waals surface area contributed by atoms with Crippen LogP contribution in [-0.2, 0) is 16.1 Å². The zero-order chi connectivity index (χ0) is 14.5. The van der Waals surface area contributed by atoms with E-state index in [4.69, 9.17) is 4.74 Å². The largest absolute Gasteiger partial charge is 0.427 e. The Bertz CT molecular complexity index is 620. The van der Waals surface area contributed by atoms with E-state index in [9.17, 15) is 9.59 Å². The van der Waals surface area contributed by atoms with Gasteiger partial charge in [-0.3, -0.25) is 9.59 Å². The molecule has 0 spiro atoms. The summed E-state index contributed by atoms with van der Waals surface area (Å²) in [5.74, 6) is 0.178. The third-order valence-corrected chi connectivity index (χ3v) is 3.26. The van der Waals surface area contributed by atoms with Crippen molar-refractivity contribution in [1.82, 2.24) is 9.55 Å². The molecule has 0 aliphatic rings. The van der Waals surface area contributed by atoms with E-state index in [1.54, 1.807) is 18.3 Å². The molecular weight excluding hydrogens is 276 g/mol. The van der Waals surface area contributed by atoms with Gasteiger partial charge in [0.25, 0.3) is 0 Å².